The third-order valence-corrected chi connectivity index (χ3v) is 3.44. The topological polar surface area (TPSA) is 131 Å². The maximum atomic E-state index is 9.78. The fourth-order valence-electron chi connectivity index (χ4n) is 2.25. The molecule has 6 atom stereocenters. The summed E-state index contributed by atoms with van der Waals surface area (Å²) in [7, 11) is 0. The van der Waals surface area contributed by atoms with Crippen molar-refractivity contribution < 1.29 is 35.4 Å². The van der Waals surface area contributed by atoms with Crippen LogP contribution in [0.4, 0.5) is 0 Å². The van der Waals surface area contributed by atoms with E-state index in [2.05, 4.69) is 0 Å². The van der Waals surface area contributed by atoms with Gasteiger partial charge in [0.15, 0.2) is 0 Å². The van der Waals surface area contributed by atoms with Gasteiger partial charge in [-0.25, -0.2) is 0 Å². The molecule has 7 nitrogen and oxygen atoms in total. The molecule has 0 aliphatic carbocycles. The Morgan fingerprint density at radius 2 is 1.53 bits per heavy atom. The zero-order chi connectivity index (χ0) is 14.4. The highest BCUT2D eigenvalue weighted by Crippen LogP contribution is 2.24. The molecule has 2 unspecified atom stereocenters. The van der Waals surface area contributed by atoms with Crippen LogP contribution in [0.25, 0.3) is 0 Å². The van der Waals surface area contributed by atoms with Gasteiger partial charge in [-0.2, -0.15) is 0 Å². The fraction of sp³-hybridized carbons (Fsp3) is 1.00. The van der Waals surface area contributed by atoms with Gasteiger partial charge in [0, 0.05) is 13.0 Å². The molecule has 1 aliphatic heterocycles. The first kappa shape index (κ1) is 16.8. The minimum absolute atomic E-state index is 0.0623. The molecule has 0 aromatic heterocycles. The van der Waals surface area contributed by atoms with Crippen molar-refractivity contribution in [3.63, 3.8) is 0 Å². The number of unbranched alkanes of at least 4 members (excludes halogenated alkanes) is 1. The van der Waals surface area contributed by atoms with Crippen LogP contribution in [-0.2, 0) is 4.74 Å². The van der Waals surface area contributed by atoms with Gasteiger partial charge in [0.2, 0.25) is 0 Å². The Morgan fingerprint density at radius 3 is 2.11 bits per heavy atom. The van der Waals surface area contributed by atoms with Crippen molar-refractivity contribution in [2.75, 3.05) is 13.2 Å². The van der Waals surface area contributed by atoms with Gasteiger partial charge in [0.1, 0.15) is 24.4 Å². The highest BCUT2D eigenvalue weighted by Gasteiger charge is 2.43. The van der Waals surface area contributed by atoms with E-state index in [9.17, 15) is 20.4 Å². The maximum absolute atomic E-state index is 9.78. The van der Waals surface area contributed by atoms with Crippen LogP contribution in [0, 0.1) is 0 Å². The van der Waals surface area contributed by atoms with Crippen molar-refractivity contribution in [1.29, 1.82) is 0 Å². The van der Waals surface area contributed by atoms with Gasteiger partial charge in [-0.05, 0) is 19.3 Å². The lowest BCUT2D eigenvalue weighted by atomic mass is 9.91. The van der Waals surface area contributed by atoms with E-state index in [1.165, 1.54) is 0 Å². The Kier molecular flexibility index (Phi) is 7.16. The molecule has 0 spiro atoms. The van der Waals surface area contributed by atoms with E-state index in [0.29, 0.717) is 19.3 Å². The molecule has 1 saturated heterocycles. The number of ether oxygens (including phenoxy) is 1. The predicted molar refractivity (Wildman–Crippen MR) is 65.3 cm³/mol. The van der Waals surface area contributed by atoms with Gasteiger partial charge >= 0.3 is 0 Å². The molecule has 0 saturated carbocycles. The second kappa shape index (κ2) is 8.11. The van der Waals surface area contributed by atoms with E-state index in [1.54, 1.807) is 0 Å². The van der Waals surface area contributed by atoms with E-state index in [4.69, 9.17) is 14.9 Å². The normalized spacial score (nSPS) is 37.3. The van der Waals surface area contributed by atoms with E-state index in [0.717, 1.165) is 0 Å². The highest BCUT2D eigenvalue weighted by atomic mass is 16.5. The molecule has 6 N–H and O–H groups in total. The zero-order valence-corrected chi connectivity index (χ0v) is 10.8. The summed E-state index contributed by atoms with van der Waals surface area (Å²) in [6.07, 6.45) is -4.78. The van der Waals surface area contributed by atoms with Gasteiger partial charge in [-0.15, -0.1) is 0 Å². The molecule has 0 aromatic rings. The summed E-state index contributed by atoms with van der Waals surface area (Å²) in [4.78, 5) is 0. The molecule has 114 valence electrons. The lowest BCUT2D eigenvalue weighted by molar-refractivity contribution is -0.234. The summed E-state index contributed by atoms with van der Waals surface area (Å²) in [6, 6.07) is 0. The van der Waals surface area contributed by atoms with Gasteiger partial charge in [0.25, 0.3) is 0 Å². The Balaban J connectivity index is 2.47. The number of aliphatic hydroxyl groups is 6. The molecule has 1 fully saturated rings. The number of hydrogen-bond donors (Lipinski definition) is 6. The number of aliphatic hydroxyl groups excluding tert-OH is 6. The molecular formula is C12H24O7. The predicted octanol–water partition coefficient (Wildman–Crippen LogP) is -2.26. The molecule has 7 heteroatoms. The lowest BCUT2D eigenvalue weighted by Crippen LogP contribution is -2.59. The quantitative estimate of drug-likeness (QED) is 0.290. The van der Waals surface area contributed by atoms with Crippen LogP contribution in [0.3, 0.4) is 0 Å². The molecule has 1 heterocycles. The largest absolute Gasteiger partial charge is 0.396 e. The smallest absolute Gasteiger partial charge is 0.111 e. The number of rotatable bonds is 7. The van der Waals surface area contributed by atoms with Crippen molar-refractivity contribution in [1.82, 2.24) is 0 Å². The minimum atomic E-state index is -1.40. The standard InChI is InChI=1S/C12H24O7/c13-4-2-1-3-7(15)5-8-10(16)12(18)11(17)9(6-14)19-8/h7-18H,1-6H2/t7?,8?,9-,10+,11-,12-/m1/s1. The Bertz CT molecular complexity index is 248. The average Bonchev–Trinajstić information content (AvgIpc) is 2.39. The fourth-order valence-corrected chi connectivity index (χ4v) is 2.25. The van der Waals surface area contributed by atoms with Crippen molar-refractivity contribution in [2.24, 2.45) is 0 Å². The molecule has 0 aromatic carbocycles. The van der Waals surface area contributed by atoms with Crippen LogP contribution < -0.4 is 0 Å². The van der Waals surface area contributed by atoms with E-state index < -0.39 is 43.2 Å². The van der Waals surface area contributed by atoms with Crippen molar-refractivity contribution in [3.05, 3.63) is 0 Å². The Morgan fingerprint density at radius 1 is 0.895 bits per heavy atom. The van der Waals surface area contributed by atoms with Crippen LogP contribution in [0.5, 0.6) is 0 Å². The van der Waals surface area contributed by atoms with E-state index >= 15 is 0 Å². The first-order valence-electron chi connectivity index (χ1n) is 6.60. The third-order valence-electron chi connectivity index (χ3n) is 3.44. The average molecular weight is 280 g/mol. The first-order chi connectivity index (χ1) is 9.01. The molecule has 0 bridgehead atoms. The molecule has 1 rings (SSSR count). The molecule has 0 amide bonds. The molecule has 1 aliphatic rings. The van der Waals surface area contributed by atoms with Gasteiger partial charge in [-0.3, -0.25) is 0 Å². The Labute approximate surface area is 112 Å². The first-order valence-corrected chi connectivity index (χ1v) is 6.60. The van der Waals surface area contributed by atoms with E-state index in [-0.39, 0.29) is 13.0 Å². The second-order valence-electron chi connectivity index (χ2n) is 4.98. The third kappa shape index (κ3) is 4.64. The summed E-state index contributed by atoms with van der Waals surface area (Å²) >= 11 is 0. The van der Waals surface area contributed by atoms with Crippen LogP contribution in [0.2, 0.25) is 0 Å². The van der Waals surface area contributed by atoms with Crippen LogP contribution >= 0.6 is 0 Å². The lowest BCUT2D eigenvalue weighted by Gasteiger charge is -2.40. The van der Waals surface area contributed by atoms with Crippen molar-refractivity contribution >= 4 is 0 Å². The van der Waals surface area contributed by atoms with Crippen molar-refractivity contribution in [3.8, 4) is 0 Å². The summed E-state index contributed by atoms with van der Waals surface area (Å²) < 4.78 is 5.29. The SMILES string of the molecule is OCCCCC(O)CC1O[C@H](CO)[C@@H](O)[C@H](O)[C@H]1O. The van der Waals surface area contributed by atoms with E-state index in [1.807, 2.05) is 0 Å². The summed E-state index contributed by atoms with van der Waals surface area (Å²) in [5.41, 5.74) is 0. The molecular weight excluding hydrogens is 256 g/mol. The van der Waals surface area contributed by atoms with Crippen LogP contribution in [-0.4, -0.2) is 80.5 Å². The molecule has 19 heavy (non-hydrogen) atoms. The number of hydrogen-bond acceptors (Lipinski definition) is 7. The Hall–Kier alpha value is -0.280. The summed E-state index contributed by atoms with van der Waals surface area (Å²) in [5.74, 6) is 0. The molecule has 0 radical (unpaired) electrons. The summed E-state index contributed by atoms with van der Waals surface area (Å²) in [6.45, 7) is -0.408. The van der Waals surface area contributed by atoms with Crippen LogP contribution in [0.1, 0.15) is 25.7 Å². The highest BCUT2D eigenvalue weighted by molar-refractivity contribution is 4.92. The minimum Gasteiger partial charge on any atom is -0.396 e. The second-order valence-corrected chi connectivity index (χ2v) is 4.98. The monoisotopic (exact) mass is 280 g/mol. The van der Waals surface area contributed by atoms with Crippen LogP contribution in [0.15, 0.2) is 0 Å². The van der Waals surface area contributed by atoms with Gasteiger partial charge < -0.3 is 35.4 Å². The van der Waals surface area contributed by atoms with Gasteiger partial charge in [-0.1, -0.05) is 0 Å². The summed E-state index contributed by atoms with van der Waals surface area (Å²) in [5, 5.41) is 56.4. The maximum Gasteiger partial charge on any atom is 0.111 e. The van der Waals surface area contributed by atoms with Gasteiger partial charge in [0.05, 0.1) is 18.8 Å². The van der Waals surface area contributed by atoms with Crippen molar-refractivity contribution in [2.45, 2.75) is 62.3 Å². The zero-order valence-electron chi connectivity index (χ0n) is 10.8.